The fourth-order valence-corrected chi connectivity index (χ4v) is 4.36. The molecule has 0 fully saturated rings. The van der Waals surface area contributed by atoms with Crippen molar-refractivity contribution >= 4 is 21.2 Å². The Balaban J connectivity index is 2.40. The molecule has 0 saturated carbocycles. The van der Waals surface area contributed by atoms with Crippen LogP contribution in [0.15, 0.2) is 46.2 Å². The van der Waals surface area contributed by atoms with Crippen LogP contribution in [0.4, 0.5) is 11.4 Å². The molecule has 3 rings (SSSR count). The molecular weight excluding hydrogens is 258 g/mol. The lowest BCUT2D eigenvalue weighted by molar-refractivity contribution is 0.594. The Hall–Kier alpha value is -1.81. The van der Waals surface area contributed by atoms with Crippen LogP contribution in [0.2, 0.25) is 0 Å². The lowest BCUT2D eigenvalue weighted by atomic mass is 10.1. The first-order valence-corrected chi connectivity index (χ1v) is 7.60. The molecule has 2 aromatic rings. The maximum absolute atomic E-state index is 12.7. The number of benzene rings is 2. The molecule has 0 N–H and O–H groups in total. The number of fused-ring (bicyclic) bond motifs is 2. The summed E-state index contributed by atoms with van der Waals surface area (Å²) in [5.41, 5.74) is 3.38. The Morgan fingerprint density at radius 1 is 0.842 bits per heavy atom. The first-order chi connectivity index (χ1) is 8.91. The molecule has 0 unspecified atom stereocenters. The summed E-state index contributed by atoms with van der Waals surface area (Å²) in [6, 6.07) is 11.1. The van der Waals surface area contributed by atoms with Crippen LogP contribution in [0.3, 0.4) is 0 Å². The molecule has 3 nitrogen and oxygen atoms in total. The molecule has 1 aliphatic heterocycles. The fourth-order valence-electron chi connectivity index (χ4n) is 2.48. The summed E-state index contributed by atoms with van der Waals surface area (Å²) in [6.07, 6.45) is 0. The highest BCUT2D eigenvalue weighted by molar-refractivity contribution is 7.92. The minimum absolute atomic E-state index is 0.396. The van der Waals surface area contributed by atoms with Gasteiger partial charge in [0.25, 0.3) is 0 Å². The molecule has 0 spiro atoms. The monoisotopic (exact) mass is 273 g/mol. The first kappa shape index (κ1) is 12.2. The van der Waals surface area contributed by atoms with E-state index in [0.717, 1.165) is 22.5 Å². The quantitative estimate of drug-likeness (QED) is 0.739. The van der Waals surface area contributed by atoms with Crippen molar-refractivity contribution in [2.24, 2.45) is 0 Å². The van der Waals surface area contributed by atoms with Crippen LogP contribution in [0, 0.1) is 13.8 Å². The fraction of sp³-hybridized carbons (Fsp3) is 0.200. The van der Waals surface area contributed by atoms with Gasteiger partial charge in [-0.25, -0.2) is 8.42 Å². The zero-order valence-electron chi connectivity index (χ0n) is 11.1. The van der Waals surface area contributed by atoms with Crippen molar-refractivity contribution < 1.29 is 8.42 Å². The Morgan fingerprint density at radius 3 is 1.68 bits per heavy atom. The molecule has 0 radical (unpaired) electrons. The Morgan fingerprint density at radius 2 is 1.26 bits per heavy atom. The van der Waals surface area contributed by atoms with Crippen LogP contribution in [-0.2, 0) is 9.84 Å². The van der Waals surface area contributed by atoms with Gasteiger partial charge < -0.3 is 4.90 Å². The topological polar surface area (TPSA) is 37.4 Å². The van der Waals surface area contributed by atoms with Gasteiger partial charge in [0.1, 0.15) is 0 Å². The van der Waals surface area contributed by atoms with E-state index in [4.69, 9.17) is 0 Å². The zero-order valence-corrected chi connectivity index (χ0v) is 12.0. The molecule has 0 aliphatic carbocycles. The summed E-state index contributed by atoms with van der Waals surface area (Å²) in [7, 11) is -1.52. The minimum Gasteiger partial charge on any atom is -0.342 e. The average Bonchev–Trinajstić information content (AvgIpc) is 2.36. The van der Waals surface area contributed by atoms with Crippen LogP contribution in [0.25, 0.3) is 0 Å². The Labute approximate surface area is 113 Å². The smallest absolute Gasteiger partial charge is 0.210 e. The van der Waals surface area contributed by atoms with Crippen molar-refractivity contribution in [3.05, 3.63) is 47.5 Å². The van der Waals surface area contributed by atoms with Crippen LogP contribution in [-0.4, -0.2) is 15.5 Å². The number of nitrogens with zero attached hydrogens (tertiary/aromatic N) is 1. The highest BCUT2D eigenvalue weighted by Gasteiger charge is 2.32. The maximum Gasteiger partial charge on any atom is 0.210 e. The highest BCUT2D eigenvalue weighted by atomic mass is 32.2. The number of anilines is 2. The third-order valence-corrected chi connectivity index (χ3v) is 5.34. The number of hydrogen-bond donors (Lipinski definition) is 0. The molecule has 1 heterocycles. The summed E-state index contributed by atoms with van der Waals surface area (Å²) >= 11 is 0. The normalized spacial score (nSPS) is 15.8. The van der Waals surface area contributed by atoms with Crippen molar-refractivity contribution in [3.63, 3.8) is 0 Å². The molecule has 0 atom stereocenters. The molecule has 98 valence electrons. The third kappa shape index (κ3) is 1.67. The van der Waals surface area contributed by atoms with Crippen LogP contribution >= 0.6 is 0 Å². The highest BCUT2D eigenvalue weighted by Crippen LogP contribution is 2.43. The van der Waals surface area contributed by atoms with Crippen molar-refractivity contribution in [1.82, 2.24) is 0 Å². The lowest BCUT2D eigenvalue weighted by Gasteiger charge is -2.30. The minimum atomic E-state index is -3.42. The predicted molar refractivity (Wildman–Crippen MR) is 75.9 cm³/mol. The van der Waals surface area contributed by atoms with Gasteiger partial charge in [-0.2, -0.15) is 0 Å². The van der Waals surface area contributed by atoms with Crippen molar-refractivity contribution in [3.8, 4) is 0 Å². The maximum atomic E-state index is 12.7. The summed E-state index contributed by atoms with van der Waals surface area (Å²) in [6.45, 7) is 3.81. The molecule has 0 amide bonds. The summed E-state index contributed by atoms with van der Waals surface area (Å²) in [4.78, 5) is 2.73. The van der Waals surface area contributed by atoms with E-state index in [9.17, 15) is 8.42 Å². The van der Waals surface area contributed by atoms with Crippen LogP contribution in [0.1, 0.15) is 11.1 Å². The van der Waals surface area contributed by atoms with E-state index in [2.05, 4.69) is 0 Å². The van der Waals surface area contributed by atoms with E-state index in [1.165, 1.54) is 0 Å². The molecule has 2 aromatic carbocycles. The van der Waals surface area contributed by atoms with Gasteiger partial charge in [-0.15, -0.1) is 0 Å². The third-order valence-electron chi connectivity index (χ3n) is 3.53. The molecule has 19 heavy (non-hydrogen) atoms. The number of aryl methyl sites for hydroxylation is 2. The lowest BCUT2D eigenvalue weighted by Crippen LogP contribution is -2.22. The van der Waals surface area contributed by atoms with Gasteiger partial charge in [-0.1, -0.05) is 12.1 Å². The van der Waals surface area contributed by atoms with E-state index in [0.29, 0.717) is 9.79 Å². The number of hydrogen-bond acceptors (Lipinski definition) is 3. The number of rotatable bonds is 0. The van der Waals surface area contributed by atoms with Gasteiger partial charge >= 0.3 is 0 Å². The van der Waals surface area contributed by atoms with Crippen LogP contribution in [0.5, 0.6) is 0 Å². The van der Waals surface area contributed by atoms with Crippen LogP contribution < -0.4 is 4.90 Å². The van der Waals surface area contributed by atoms with Gasteiger partial charge in [0.2, 0.25) is 9.84 Å². The van der Waals surface area contributed by atoms with E-state index in [1.54, 1.807) is 12.1 Å². The molecule has 0 bridgehead atoms. The first-order valence-electron chi connectivity index (χ1n) is 6.11. The zero-order chi connectivity index (χ0) is 13.8. The second kappa shape index (κ2) is 3.84. The Bertz CT molecular complexity index is 719. The van der Waals surface area contributed by atoms with Crippen molar-refractivity contribution in [2.75, 3.05) is 11.9 Å². The number of sulfone groups is 1. The molecule has 1 aliphatic rings. The van der Waals surface area contributed by atoms with E-state index >= 15 is 0 Å². The van der Waals surface area contributed by atoms with Gasteiger partial charge in [0.05, 0.1) is 21.2 Å². The predicted octanol–water partition coefficient (Wildman–Crippen LogP) is 3.22. The van der Waals surface area contributed by atoms with E-state index in [1.807, 2.05) is 50.1 Å². The van der Waals surface area contributed by atoms with Crippen molar-refractivity contribution in [1.29, 1.82) is 0 Å². The van der Waals surface area contributed by atoms with E-state index < -0.39 is 9.84 Å². The molecule has 0 aromatic heterocycles. The summed E-state index contributed by atoms with van der Waals surface area (Å²) in [5, 5.41) is 0. The molecule has 0 saturated heterocycles. The van der Waals surface area contributed by atoms with Gasteiger partial charge in [0.15, 0.2) is 0 Å². The SMILES string of the molecule is Cc1ccc2c(c1)S(=O)(=O)c1cc(C)ccc1N2C. The van der Waals surface area contributed by atoms with Gasteiger partial charge in [-0.05, 0) is 49.2 Å². The Kier molecular flexibility index (Phi) is 2.47. The second-order valence-electron chi connectivity index (χ2n) is 5.00. The van der Waals surface area contributed by atoms with E-state index in [-0.39, 0.29) is 0 Å². The summed E-state index contributed by atoms with van der Waals surface area (Å²) < 4.78 is 25.4. The van der Waals surface area contributed by atoms with Gasteiger partial charge in [-0.3, -0.25) is 0 Å². The molecular formula is C15H15NO2S. The standard InChI is InChI=1S/C15H15NO2S/c1-10-4-6-12-14(8-10)19(17,18)15-9-11(2)5-7-13(15)16(12)3/h4-9H,1-3H3. The van der Waals surface area contributed by atoms with Crippen molar-refractivity contribution in [2.45, 2.75) is 23.6 Å². The average molecular weight is 273 g/mol. The van der Waals surface area contributed by atoms with Gasteiger partial charge in [0, 0.05) is 7.05 Å². The summed E-state index contributed by atoms with van der Waals surface area (Å²) in [5.74, 6) is 0. The second-order valence-corrected chi connectivity index (χ2v) is 6.89. The molecule has 4 heteroatoms. The largest absolute Gasteiger partial charge is 0.342 e.